The number of hydrogen-bond acceptors (Lipinski definition) is 3. The molecule has 1 aromatic rings. The van der Waals surface area contributed by atoms with Crippen molar-refractivity contribution in [3.63, 3.8) is 0 Å². The largest absolute Gasteiger partial charge is 0.342 e. The molecule has 118 valence electrons. The molecule has 4 heteroatoms. The summed E-state index contributed by atoms with van der Waals surface area (Å²) in [6.45, 7) is 6.57. The van der Waals surface area contributed by atoms with E-state index in [1.807, 2.05) is 0 Å². The molecule has 1 unspecified atom stereocenters. The van der Waals surface area contributed by atoms with E-state index in [1.54, 1.807) is 0 Å². The van der Waals surface area contributed by atoms with Gasteiger partial charge in [-0.1, -0.05) is 19.8 Å². The molecule has 0 amide bonds. The van der Waals surface area contributed by atoms with Gasteiger partial charge in [-0.25, -0.2) is 4.98 Å². The molecule has 0 aromatic carbocycles. The molecule has 1 aliphatic heterocycles. The van der Waals surface area contributed by atoms with Crippen LogP contribution in [0.1, 0.15) is 64.1 Å². The summed E-state index contributed by atoms with van der Waals surface area (Å²) < 4.78 is 2.48. The zero-order valence-electron chi connectivity index (χ0n) is 13.6. The summed E-state index contributed by atoms with van der Waals surface area (Å²) in [4.78, 5) is 7.42. The summed E-state index contributed by atoms with van der Waals surface area (Å²) in [6, 6.07) is 1.01. The Hall–Kier alpha value is -1.03. The highest BCUT2D eigenvalue weighted by atomic mass is 15.3. The predicted molar refractivity (Wildman–Crippen MR) is 87.7 cm³/mol. The quantitative estimate of drug-likeness (QED) is 0.926. The van der Waals surface area contributed by atoms with Crippen molar-refractivity contribution in [2.75, 3.05) is 18.0 Å². The first-order chi connectivity index (χ1) is 10.2. The van der Waals surface area contributed by atoms with Gasteiger partial charge in [-0.15, -0.1) is 0 Å². The molecule has 3 rings (SSSR count). The minimum Gasteiger partial charge on any atom is -0.342 e. The minimum absolute atomic E-state index is 0.327. The van der Waals surface area contributed by atoms with Crippen LogP contribution in [-0.4, -0.2) is 28.7 Å². The fourth-order valence-corrected chi connectivity index (χ4v) is 3.91. The Morgan fingerprint density at radius 3 is 2.48 bits per heavy atom. The molecule has 2 heterocycles. The molecule has 0 bridgehead atoms. The van der Waals surface area contributed by atoms with Crippen molar-refractivity contribution in [1.29, 1.82) is 0 Å². The van der Waals surface area contributed by atoms with Gasteiger partial charge in [0.1, 0.15) is 0 Å². The van der Waals surface area contributed by atoms with E-state index in [1.165, 1.54) is 50.2 Å². The van der Waals surface area contributed by atoms with Gasteiger partial charge in [0.25, 0.3) is 0 Å². The third-order valence-electron chi connectivity index (χ3n) is 5.41. The number of imidazole rings is 1. The molecule has 1 saturated carbocycles. The van der Waals surface area contributed by atoms with Gasteiger partial charge in [0, 0.05) is 31.4 Å². The number of nitrogens with zero attached hydrogens (tertiary/aromatic N) is 3. The van der Waals surface area contributed by atoms with Crippen LogP contribution in [0.4, 0.5) is 5.95 Å². The lowest BCUT2D eigenvalue weighted by Crippen LogP contribution is -2.40. The smallest absolute Gasteiger partial charge is 0.205 e. The van der Waals surface area contributed by atoms with Gasteiger partial charge >= 0.3 is 0 Å². The molecule has 2 aliphatic rings. The molecule has 1 aliphatic carbocycles. The Labute approximate surface area is 128 Å². The monoisotopic (exact) mass is 290 g/mol. The molecular formula is C17H30N4. The second kappa shape index (κ2) is 6.39. The zero-order valence-corrected chi connectivity index (χ0v) is 13.6. The Kier molecular flexibility index (Phi) is 4.53. The molecule has 2 fully saturated rings. The topological polar surface area (TPSA) is 47.1 Å². The van der Waals surface area contributed by atoms with E-state index in [4.69, 9.17) is 10.7 Å². The number of aromatic nitrogens is 2. The van der Waals surface area contributed by atoms with Crippen molar-refractivity contribution in [3.05, 3.63) is 11.9 Å². The SMILES string of the molecule is CCc1cn(C2CCCC2)c(N2CCC(C(C)N)CC2)n1. The van der Waals surface area contributed by atoms with Crippen molar-refractivity contribution < 1.29 is 0 Å². The van der Waals surface area contributed by atoms with E-state index >= 15 is 0 Å². The maximum Gasteiger partial charge on any atom is 0.205 e. The van der Waals surface area contributed by atoms with E-state index in [2.05, 4.69) is 29.5 Å². The van der Waals surface area contributed by atoms with E-state index in [9.17, 15) is 0 Å². The molecule has 0 spiro atoms. The van der Waals surface area contributed by atoms with Crippen molar-refractivity contribution >= 4 is 5.95 Å². The highest BCUT2D eigenvalue weighted by molar-refractivity contribution is 5.35. The summed E-state index contributed by atoms with van der Waals surface area (Å²) in [5.41, 5.74) is 7.31. The van der Waals surface area contributed by atoms with E-state index < -0.39 is 0 Å². The standard InChI is InChI=1S/C17H30N4/c1-3-15-12-21(16-6-4-5-7-16)17(19-15)20-10-8-14(9-11-20)13(2)18/h12-14,16H,3-11,18H2,1-2H3. The lowest BCUT2D eigenvalue weighted by atomic mass is 9.91. The lowest BCUT2D eigenvalue weighted by Gasteiger charge is -2.35. The molecule has 1 aromatic heterocycles. The number of hydrogen-bond donors (Lipinski definition) is 1. The Morgan fingerprint density at radius 1 is 1.24 bits per heavy atom. The minimum atomic E-state index is 0.327. The highest BCUT2D eigenvalue weighted by Crippen LogP contribution is 2.34. The normalized spacial score (nSPS) is 22.9. The van der Waals surface area contributed by atoms with Gasteiger partial charge in [-0.3, -0.25) is 0 Å². The van der Waals surface area contributed by atoms with Crippen molar-refractivity contribution in [2.45, 2.75) is 70.9 Å². The van der Waals surface area contributed by atoms with Crippen molar-refractivity contribution in [1.82, 2.24) is 9.55 Å². The first-order valence-electron chi connectivity index (χ1n) is 8.77. The van der Waals surface area contributed by atoms with Crippen LogP contribution in [0, 0.1) is 5.92 Å². The van der Waals surface area contributed by atoms with Crippen LogP contribution >= 0.6 is 0 Å². The van der Waals surface area contributed by atoms with Gasteiger partial charge < -0.3 is 15.2 Å². The van der Waals surface area contributed by atoms with Crippen molar-refractivity contribution in [2.24, 2.45) is 11.7 Å². The molecule has 1 atom stereocenters. The average Bonchev–Trinajstić information content (AvgIpc) is 3.16. The average molecular weight is 290 g/mol. The fourth-order valence-electron chi connectivity index (χ4n) is 3.91. The summed E-state index contributed by atoms with van der Waals surface area (Å²) in [6.07, 6.45) is 11.1. The maximum atomic E-state index is 6.07. The fraction of sp³-hybridized carbons (Fsp3) is 0.824. The van der Waals surface area contributed by atoms with Gasteiger partial charge in [0.15, 0.2) is 0 Å². The first-order valence-corrected chi connectivity index (χ1v) is 8.77. The summed E-state index contributed by atoms with van der Waals surface area (Å²) in [5, 5.41) is 0. The maximum absolute atomic E-state index is 6.07. The second-order valence-corrected chi connectivity index (χ2v) is 6.91. The number of anilines is 1. The number of rotatable bonds is 4. The molecular weight excluding hydrogens is 260 g/mol. The lowest BCUT2D eigenvalue weighted by molar-refractivity contribution is 0.349. The Morgan fingerprint density at radius 2 is 1.90 bits per heavy atom. The molecule has 4 nitrogen and oxygen atoms in total. The number of aryl methyl sites for hydroxylation is 1. The van der Waals surface area contributed by atoms with Crippen molar-refractivity contribution in [3.8, 4) is 0 Å². The van der Waals surface area contributed by atoms with Crippen LogP contribution in [0.5, 0.6) is 0 Å². The second-order valence-electron chi connectivity index (χ2n) is 6.91. The number of nitrogens with two attached hydrogens (primary N) is 1. The van der Waals surface area contributed by atoms with E-state index in [0.717, 1.165) is 19.5 Å². The van der Waals surface area contributed by atoms with Gasteiger partial charge in [0.2, 0.25) is 5.95 Å². The third-order valence-corrected chi connectivity index (χ3v) is 5.41. The Bertz CT molecular complexity index is 451. The summed E-state index contributed by atoms with van der Waals surface area (Å²) in [7, 11) is 0. The Balaban J connectivity index is 1.76. The van der Waals surface area contributed by atoms with Gasteiger partial charge in [-0.05, 0) is 44.9 Å². The zero-order chi connectivity index (χ0) is 14.8. The van der Waals surface area contributed by atoms with Crippen LogP contribution in [0.15, 0.2) is 6.20 Å². The third kappa shape index (κ3) is 3.10. The van der Waals surface area contributed by atoms with E-state index in [0.29, 0.717) is 18.0 Å². The predicted octanol–water partition coefficient (Wildman–Crippen LogP) is 3.12. The van der Waals surface area contributed by atoms with Crippen LogP contribution < -0.4 is 10.6 Å². The first kappa shape index (κ1) is 14.9. The molecule has 2 N–H and O–H groups in total. The van der Waals surface area contributed by atoms with E-state index in [-0.39, 0.29) is 0 Å². The summed E-state index contributed by atoms with van der Waals surface area (Å²) >= 11 is 0. The summed E-state index contributed by atoms with van der Waals surface area (Å²) in [5.74, 6) is 1.91. The molecule has 21 heavy (non-hydrogen) atoms. The van der Waals surface area contributed by atoms with Crippen LogP contribution in [0.25, 0.3) is 0 Å². The van der Waals surface area contributed by atoms with Crippen LogP contribution in [-0.2, 0) is 6.42 Å². The van der Waals surface area contributed by atoms with Gasteiger partial charge in [0.05, 0.1) is 5.69 Å². The number of piperidine rings is 1. The molecule has 1 saturated heterocycles. The van der Waals surface area contributed by atoms with Gasteiger partial charge in [-0.2, -0.15) is 0 Å². The van der Waals surface area contributed by atoms with Crippen LogP contribution in [0.3, 0.4) is 0 Å². The highest BCUT2D eigenvalue weighted by Gasteiger charge is 2.27. The molecule has 0 radical (unpaired) electrons. The van der Waals surface area contributed by atoms with Crippen LogP contribution in [0.2, 0.25) is 0 Å².